The average molecular weight is 740 g/mol. The number of piperidine rings is 2. The molecule has 1 atom stereocenters. The van der Waals surface area contributed by atoms with E-state index in [0.29, 0.717) is 35.6 Å². The van der Waals surface area contributed by atoms with Gasteiger partial charge in [0.2, 0.25) is 11.8 Å². The first-order valence-electron chi connectivity index (χ1n) is 19.1. The molecule has 5 aliphatic rings. The number of nitrogens with one attached hydrogen (secondary N) is 1. The highest BCUT2D eigenvalue weighted by Gasteiger charge is 2.44. The Kier molecular flexibility index (Phi) is 8.21. The molecule has 0 aliphatic carbocycles. The standard InChI is InChI=1S/C40H41N11O4/c41-37-35-36(24-6-8-29(9-7-24)55-28-4-2-1-3-5-28)46-51(38(35)43-23-42-37)25-14-16-47(17-15-25)26-18-48(19-26)27-20-49(21-27)33-12-10-30-31(44-33)22-50(40(30)54)32-11-13-34(52)45-39(32)53/h1-10,12,23,25-27,32H,11,13-22H2,(H2,41,42,43)(H,45,52,53). The third-order valence-corrected chi connectivity index (χ3v) is 11.9. The van der Waals surface area contributed by atoms with Crippen molar-refractivity contribution in [1.29, 1.82) is 0 Å². The molecule has 55 heavy (non-hydrogen) atoms. The fourth-order valence-corrected chi connectivity index (χ4v) is 8.74. The van der Waals surface area contributed by atoms with Crippen LogP contribution in [0, 0.1) is 0 Å². The number of para-hydroxylation sites is 1. The molecule has 0 saturated carbocycles. The van der Waals surface area contributed by atoms with Crippen molar-refractivity contribution in [2.24, 2.45) is 0 Å². The highest BCUT2D eigenvalue weighted by molar-refractivity contribution is 6.05. The molecule has 8 heterocycles. The van der Waals surface area contributed by atoms with Gasteiger partial charge in [0.25, 0.3) is 5.91 Å². The van der Waals surface area contributed by atoms with Gasteiger partial charge in [-0.3, -0.25) is 29.5 Å². The number of aromatic nitrogens is 5. The Hall–Kier alpha value is -5.93. The number of benzene rings is 2. The Morgan fingerprint density at radius 3 is 2.29 bits per heavy atom. The summed E-state index contributed by atoms with van der Waals surface area (Å²) in [5, 5.41) is 8.25. The Morgan fingerprint density at radius 1 is 0.782 bits per heavy atom. The van der Waals surface area contributed by atoms with Crippen molar-refractivity contribution in [2.75, 3.05) is 49.9 Å². The Labute approximate surface area is 317 Å². The van der Waals surface area contributed by atoms with Crippen LogP contribution in [0.15, 0.2) is 73.1 Å². The molecule has 4 fully saturated rings. The molecule has 0 radical (unpaired) electrons. The van der Waals surface area contributed by atoms with E-state index in [1.165, 1.54) is 6.33 Å². The molecule has 5 aromatic rings. The lowest BCUT2D eigenvalue weighted by atomic mass is 9.96. The number of fused-ring (bicyclic) bond motifs is 2. The molecular weight excluding hydrogens is 699 g/mol. The van der Waals surface area contributed by atoms with Crippen LogP contribution in [-0.4, -0.2) is 115 Å². The van der Waals surface area contributed by atoms with E-state index in [-0.39, 0.29) is 30.8 Å². The number of rotatable bonds is 8. The predicted octanol–water partition coefficient (Wildman–Crippen LogP) is 3.23. The topological polar surface area (TPSA) is 168 Å². The molecule has 280 valence electrons. The SMILES string of the molecule is Nc1ncnc2c1c(-c1ccc(Oc3ccccc3)cc1)nn2C1CCN(C2CN(C3CN(c4ccc5c(n4)CN(C4CCC(=O)NC4=O)C5=O)C3)C2)CC1. The summed E-state index contributed by atoms with van der Waals surface area (Å²) in [6.07, 6.45) is 4.06. The molecule has 3 amide bonds. The van der Waals surface area contributed by atoms with Crippen LogP contribution in [0.25, 0.3) is 22.3 Å². The van der Waals surface area contributed by atoms with Crippen LogP contribution in [0.3, 0.4) is 0 Å². The largest absolute Gasteiger partial charge is 0.457 e. The fourth-order valence-electron chi connectivity index (χ4n) is 8.74. The van der Waals surface area contributed by atoms with Crippen molar-refractivity contribution in [3.05, 3.63) is 84.3 Å². The molecule has 4 saturated heterocycles. The zero-order chi connectivity index (χ0) is 37.2. The van der Waals surface area contributed by atoms with E-state index < -0.39 is 11.9 Å². The quantitative estimate of drug-likeness (QED) is 0.224. The van der Waals surface area contributed by atoms with Gasteiger partial charge < -0.3 is 20.3 Å². The highest BCUT2D eigenvalue weighted by Crippen LogP contribution is 2.37. The first-order chi connectivity index (χ1) is 26.9. The van der Waals surface area contributed by atoms with Crippen molar-refractivity contribution in [3.63, 3.8) is 0 Å². The predicted molar refractivity (Wildman–Crippen MR) is 203 cm³/mol. The number of nitrogens with two attached hydrogens (primary N) is 1. The fraction of sp³-hybridized carbons (Fsp3) is 0.375. The zero-order valence-electron chi connectivity index (χ0n) is 30.3. The number of ether oxygens (including phenoxy) is 1. The first-order valence-corrected chi connectivity index (χ1v) is 19.1. The van der Waals surface area contributed by atoms with Gasteiger partial charge in [-0.15, -0.1) is 0 Å². The molecule has 3 N–H and O–H groups in total. The molecule has 0 spiro atoms. The van der Waals surface area contributed by atoms with Crippen molar-refractivity contribution < 1.29 is 19.1 Å². The maximum Gasteiger partial charge on any atom is 0.256 e. The lowest BCUT2D eigenvalue weighted by Gasteiger charge is -2.55. The van der Waals surface area contributed by atoms with E-state index in [9.17, 15) is 14.4 Å². The molecule has 3 aromatic heterocycles. The number of carbonyl (C=O) groups excluding carboxylic acids is 3. The lowest BCUT2D eigenvalue weighted by molar-refractivity contribution is -0.136. The number of nitrogens with zero attached hydrogens (tertiary/aromatic N) is 9. The summed E-state index contributed by atoms with van der Waals surface area (Å²) in [5.41, 5.74) is 10.2. The number of imide groups is 1. The van der Waals surface area contributed by atoms with Gasteiger partial charge in [-0.2, -0.15) is 5.10 Å². The number of carbonyl (C=O) groups is 3. The van der Waals surface area contributed by atoms with Crippen LogP contribution in [0.4, 0.5) is 11.6 Å². The summed E-state index contributed by atoms with van der Waals surface area (Å²) in [7, 11) is 0. The van der Waals surface area contributed by atoms with E-state index in [2.05, 4.69) is 34.7 Å². The van der Waals surface area contributed by atoms with Gasteiger partial charge in [0, 0.05) is 63.3 Å². The second-order valence-electron chi connectivity index (χ2n) is 15.2. The Bertz CT molecular complexity index is 2300. The maximum atomic E-state index is 13.1. The van der Waals surface area contributed by atoms with Crippen molar-refractivity contribution >= 4 is 40.4 Å². The van der Waals surface area contributed by atoms with Gasteiger partial charge >= 0.3 is 0 Å². The summed E-state index contributed by atoms with van der Waals surface area (Å²) in [6.45, 7) is 6.18. The summed E-state index contributed by atoms with van der Waals surface area (Å²) in [4.78, 5) is 59.9. The zero-order valence-corrected chi connectivity index (χ0v) is 30.3. The van der Waals surface area contributed by atoms with Crippen molar-refractivity contribution in [1.82, 2.24) is 44.7 Å². The van der Waals surface area contributed by atoms with E-state index >= 15 is 0 Å². The third-order valence-electron chi connectivity index (χ3n) is 11.9. The van der Waals surface area contributed by atoms with Crippen molar-refractivity contribution in [2.45, 2.75) is 56.4 Å². The van der Waals surface area contributed by atoms with Crippen LogP contribution >= 0.6 is 0 Å². The number of pyridine rings is 1. The summed E-state index contributed by atoms with van der Waals surface area (Å²) >= 11 is 0. The second kappa shape index (κ2) is 13.4. The van der Waals surface area contributed by atoms with Crippen LogP contribution in [0.5, 0.6) is 11.5 Å². The highest BCUT2D eigenvalue weighted by atomic mass is 16.5. The smallest absolute Gasteiger partial charge is 0.256 e. The number of hydrogen-bond acceptors (Lipinski definition) is 12. The van der Waals surface area contributed by atoms with Crippen LogP contribution < -0.4 is 20.7 Å². The number of hydrogen-bond donors (Lipinski definition) is 2. The van der Waals surface area contributed by atoms with Gasteiger partial charge in [0.15, 0.2) is 5.65 Å². The van der Waals surface area contributed by atoms with Crippen LogP contribution in [0.1, 0.15) is 47.8 Å². The van der Waals surface area contributed by atoms with E-state index in [0.717, 1.165) is 91.7 Å². The average Bonchev–Trinajstić information content (AvgIpc) is 3.71. The van der Waals surface area contributed by atoms with E-state index in [1.807, 2.05) is 66.7 Å². The minimum Gasteiger partial charge on any atom is -0.457 e. The normalized spacial score (nSPS) is 21.5. The summed E-state index contributed by atoms with van der Waals surface area (Å²) in [6, 6.07) is 22.0. The molecule has 15 nitrogen and oxygen atoms in total. The van der Waals surface area contributed by atoms with Gasteiger partial charge in [-0.25, -0.2) is 19.6 Å². The molecule has 0 bridgehead atoms. The molecule has 2 aromatic carbocycles. The Morgan fingerprint density at radius 2 is 1.53 bits per heavy atom. The number of anilines is 2. The number of nitrogen functional groups attached to an aromatic ring is 1. The maximum absolute atomic E-state index is 13.1. The summed E-state index contributed by atoms with van der Waals surface area (Å²) < 4.78 is 8.07. The molecule has 5 aliphatic heterocycles. The van der Waals surface area contributed by atoms with Gasteiger partial charge in [-0.05, 0) is 67.8 Å². The second-order valence-corrected chi connectivity index (χ2v) is 15.2. The first kappa shape index (κ1) is 33.6. The molecule has 1 unspecified atom stereocenters. The van der Waals surface area contributed by atoms with Gasteiger partial charge in [0.05, 0.1) is 29.2 Å². The number of amides is 3. The Balaban J connectivity index is 0.732. The van der Waals surface area contributed by atoms with Crippen molar-refractivity contribution in [3.8, 4) is 22.8 Å². The van der Waals surface area contributed by atoms with E-state index in [1.54, 1.807) is 4.90 Å². The lowest BCUT2D eigenvalue weighted by Crippen LogP contribution is -2.70. The van der Waals surface area contributed by atoms with E-state index in [4.69, 9.17) is 20.6 Å². The minimum atomic E-state index is -0.635. The molecule has 15 heteroatoms. The number of likely N-dealkylation sites (tertiary alicyclic amines) is 2. The summed E-state index contributed by atoms with van der Waals surface area (Å²) in [5.74, 6) is 1.93. The third kappa shape index (κ3) is 6.03. The van der Waals surface area contributed by atoms with Crippen LogP contribution in [-0.2, 0) is 16.1 Å². The van der Waals surface area contributed by atoms with Gasteiger partial charge in [-0.1, -0.05) is 18.2 Å². The minimum absolute atomic E-state index is 0.196. The van der Waals surface area contributed by atoms with Crippen LogP contribution in [0.2, 0.25) is 0 Å². The monoisotopic (exact) mass is 739 g/mol. The van der Waals surface area contributed by atoms with Gasteiger partial charge in [0.1, 0.15) is 41.2 Å². The molecule has 10 rings (SSSR count). The molecular formula is C40H41N11O4.